The highest BCUT2D eigenvalue weighted by Gasteiger charge is 2.38. The van der Waals surface area contributed by atoms with E-state index in [0.717, 1.165) is 28.8 Å². The lowest BCUT2D eigenvalue weighted by Gasteiger charge is -2.24. The minimum absolute atomic E-state index is 0.139. The summed E-state index contributed by atoms with van der Waals surface area (Å²) in [6.45, 7) is 2.63. The van der Waals surface area contributed by atoms with Crippen LogP contribution in [0.1, 0.15) is 42.0 Å². The lowest BCUT2D eigenvalue weighted by molar-refractivity contribution is -0.142. The Labute approximate surface area is 152 Å². The van der Waals surface area contributed by atoms with Crippen LogP contribution >= 0.6 is 0 Å². The zero-order valence-corrected chi connectivity index (χ0v) is 14.7. The zero-order valence-electron chi connectivity index (χ0n) is 14.7. The van der Waals surface area contributed by atoms with Gasteiger partial charge in [0.2, 0.25) is 0 Å². The number of halogens is 1. The first-order valence-corrected chi connectivity index (χ1v) is 8.96. The van der Waals surface area contributed by atoms with Gasteiger partial charge in [0.05, 0.1) is 11.8 Å². The molecule has 0 aliphatic carbocycles. The Morgan fingerprint density at radius 3 is 2.81 bits per heavy atom. The van der Waals surface area contributed by atoms with Gasteiger partial charge in [-0.15, -0.1) is 0 Å². The fraction of sp³-hybridized carbons (Fsp3) is 0.333. The van der Waals surface area contributed by atoms with Crippen LogP contribution in [0.3, 0.4) is 0 Å². The molecule has 0 spiro atoms. The molecule has 0 N–H and O–H groups in total. The van der Waals surface area contributed by atoms with Crippen LogP contribution in [0.2, 0.25) is 0 Å². The molecule has 1 amide bonds. The summed E-state index contributed by atoms with van der Waals surface area (Å²) in [6.07, 6.45) is 1.70. The van der Waals surface area contributed by atoms with Gasteiger partial charge in [0.25, 0.3) is 5.91 Å². The third-order valence-corrected chi connectivity index (χ3v) is 4.93. The molecular formula is C21H21FN2O2. The van der Waals surface area contributed by atoms with Gasteiger partial charge in [-0.1, -0.05) is 42.0 Å². The highest BCUT2D eigenvalue weighted by atomic mass is 19.1. The van der Waals surface area contributed by atoms with E-state index in [0.29, 0.717) is 19.4 Å². The van der Waals surface area contributed by atoms with Crippen molar-refractivity contribution in [3.8, 4) is 0 Å². The van der Waals surface area contributed by atoms with Gasteiger partial charge in [0.1, 0.15) is 11.9 Å². The van der Waals surface area contributed by atoms with Crippen LogP contribution in [0.5, 0.6) is 0 Å². The monoisotopic (exact) mass is 352 g/mol. The molecule has 2 heterocycles. The molecule has 0 aromatic heterocycles. The van der Waals surface area contributed by atoms with Gasteiger partial charge in [-0.3, -0.25) is 4.79 Å². The lowest BCUT2D eigenvalue weighted by Crippen LogP contribution is -2.35. The minimum atomic E-state index is -0.452. The molecular weight excluding hydrogens is 331 g/mol. The molecule has 0 unspecified atom stereocenters. The van der Waals surface area contributed by atoms with Crippen molar-refractivity contribution < 1.29 is 13.9 Å². The number of hydrazone groups is 1. The number of benzene rings is 2. The second-order valence-electron chi connectivity index (χ2n) is 6.88. The Hall–Kier alpha value is -2.53. The fourth-order valence-corrected chi connectivity index (χ4v) is 3.61. The SMILES string of the molecule is Cc1cccc(C2=NN(C(=O)[C@H]3CCCO3)[C@H](c3cccc(F)c3)C2)c1. The van der Waals surface area contributed by atoms with E-state index in [9.17, 15) is 9.18 Å². The first kappa shape index (κ1) is 16.9. The van der Waals surface area contributed by atoms with Crippen LogP contribution in [0.4, 0.5) is 4.39 Å². The van der Waals surface area contributed by atoms with Gasteiger partial charge in [-0.05, 0) is 43.0 Å². The number of carbonyl (C=O) groups is 1. The first-order valence-electron chi connectivity index (χ1n) is 8.96. The van der Waals surface area contributed by atoms with Crippen LogP contribution in [0, 0.1) is 12.7 Å². The van der Waals surface area contributed by atoms with Gasteiger partial charge in [-0.25, -0.2) is 9.40 Å². The summed E-state index contributed by atoms with van der Waals surface area (Å²) in [6, 6.07) is 14.2. The van der Waals surface area contributed by atoms with Crippen LogP contribution in [0.25, 0.3) is 0 Å². The van der Waals surface area contributed by atoms with Crippen LogP contribution in [-0.4, -0.2) is 29.3 Å². The van der Waals surface area contributed by atoms with Crippen LogP contribution in [-0.2, 0) is 9.53 Å². The van der Waals surface area contributed by atoms with E-state index >= 15 is 0 Å². The first-order chi connectivity index (χ1) is 12.6. The number of carbonyl (C=O) groups excluding carboxylic acids is 1. The number of hydrogen-bond donors (Lipinski definition) is 0. The smallest absolute Gasteiger partial charge is 0.272 e. The van der Waals surface area contributed by atoms with E-state index in [1.54, 1.807) is 6.07 Å². The molecule has 0 radical (unpaired) electrons. The molecule has 26 heavy (non-hydrogen) atoms. The third-order valence-electron chi connectivity index (χ3n) is 4.93. The van der Waals surface area contributed by atoms with Gasteiger partial charge in [-0.2, -0.15) is 5.10 Å². The van der Waals surface area contributed by atoms with Crippen molar-refractivity contribution in [3.05, 3.63) is 71.0 Å². The Balaban J connectivity index is 1.69. The number of ether oxygens (including phenoxy) is 1. The Morgan fingerprint density at radius 2 is 2.08 bits per heavy atom. The number of hydrogen-bond acceptors (Lipinski definition) is 3. The van der Waals surface area contributed by atoms with E-state index in [1.165, 1.54) is 17.1 Å². The largest absolute Gasteiger partial charge is 0.368 e. The summed E-state index contributed by atoms with van der Waals surface area (Å²) >= 11 is 0. The van der Waals surface area contributed by atoms with E-state index < -0.39 is 6.10 Å². The van der Waals surface area contributed by atoms with E-state index in [1.807, 2.05) is 31.2 Å². The normalized spacial score (nSPS) is 22.5. The summed E-state index contributed by atoms with van der Waals surface area (Å²) in [5, 5.41) is 6.13. The third kappa shape index (κ3) is 3.27. The molecule has 2 aromatic carbocycles. The molecule has 1 fully saturated rings. The topological polar surface area (TPSA) is 41.9 Å². The second kappa shape index (κ2) is 7.00. The Bertz CT molecular complexity index is 859. The molecule has 2 aromatic rings. The maximum Gasteiger partial charge on any atom is 0.272 e. The maximum absolute atomic E-state index is 13.8. The molecule has 0 saturated carbocycles. The van der Waals surface area contributed by atoms with E-state index in [-0.39, 0.29) is 17.8 Å². The summed E-state index contributed by atoms with van der Waals surface area (Å²) in [5.41, 5.74) is 3.72. The molecule has 5 heteroatoms. The number of nitrogens with zero attached hydrogens (tertiary/aromatic N) is 2. The summed E-state index contributed by atoms with van der Waals surface area (Å²) < 4.78 is 19.3. The lowest BCUT2D eigenvalue weighted by atomic mass is 9.97. The summed E-state index contributed by atoms with van der Waals surface area (Å²) in [4.78, 5) is 13.0. The van der Waals surface area contributed by atoms with Crippen LogP contribution < -0.4 is 0 Å². The summed E-state index contributed by atoms with van der Waals surface area (Å²) in [7, 11) is 0. The minimum Gasteiger partial charge on any atom is -0.368 e. The molecule has 134 valence electrons. The van der Waals surface area contributed by atoms with Gasteiger partial charge >= 0.3 is 0 Å². The molecule has 1 saturated heterocycles. The molecule has 2 aliphatic rings. The number of rotatable bonds is 3. The average Bonchev–Trinajstić information content (AvgIpc) is 3.31. The molecule has 4 rings (SSSR count). The second-order valence-corrected chi connectivity index (χ2v) is 6.88. The average molecular weight is 352 g/mol. The molecule has 2 atom stereocenters. The summed E-state index contributed by atoms with van der Waals surface area (Å²) in [5.74, 6) is -0.449. The van der Waals surface area contributed by atoms with Gasteiger partial charge < -0.3 is 4.74 Å². The highest BCUT2D eigenvalue weighted by Crippen LogP contribution is 2.34. The number of amides is 1. The van der Waals surface area contributed by atoms with E-state index in [2.05, 4.69) is 11.2 Å². The van der Waals surface area contributed by atoms with Gasteiger partial charge in [0.15, 0.2) is 0 Å². The van der Waals surface area contributed by atoms with Crippen LogP contribution in [0.15, 0.2) is 53.6 Å². The highest BCUT2D eigenvalue weighted by molar-refractivity contribution is 6.03. The van der Waals surface area contributed by atoms with Crippen molar-refractivity contribution in [2.45, 2.75) is 38.3 Å². The van der Waals surface area contributed by atoms with Gasteiger partial charge in [0, 0.05) is 13.0 Å². The molecule has 0 bridgehead atoms. The standard InChI is InChI=1S/C21H21FN2O2/c1-14-5-2-6-15(11-14)18-13-19(16-7-3-8-17(22)12-16)24(23-18)21(25)20-9-4-10-26-20/h2-3,5-8,11-12,19-20H,4,9-10,13H2,1H3/t19-,20+/m0/s1. The van der Waals surface area contributed by atoms with Crippen molar-refractivity contribution >= 4 is 11.6 Å². The Morgan fingerprint density at radius 1 is 1.23 bits per heavy atom. The van der Waals surface area contributed by atoms with Crippen molar-refractivity contribution in [1.82, 2.24) is 5.01 Å². The molecule has 2 aliphatic heterocycles. The number of aryl methyl sites for hydroxylation is 1. The molecule has 4 nitrogen and oxygen atoms in total. The van der Waals surface area contributed by atoms with Crippen molar-refractivity contribution in [1.29, 1.82) is 0 Å². The van der Waals surface area contributed by atoms with E-state index in [4.69, 9.17) is 4.74 Å². The van der Waals surface area contributed by atoms with Crippen molar-refractivity contribution in [2.24, 2.45) is 5.10 Å². The van der Waals surface area contributed by atoms with Crippen molar-refractivity contribution in [3.63, 3.8) is 0 Å². The maximum atomic E-state index is 13.8. The quantitative estimate of drug-likeness (QED) is 0.838. The predicted octanol–water partition coefficient (Wildman–Crippen LogP) is 3.99. The van der Waals surface area contributed by atoms with Crippen molar-refractivity contribution in [2.75, 3.05) is 6.61 Å². The fourth-order valence-electron chi connectivity index (χ4n) is 3.61. The zero-order chi connectivity index (χ0) is 18.1. The predicted molar refractivity (Wildman–Crippen MR) is 97.3 cm³/mol. The Kier molecular flexibility index (Phi) is 4.55.